The first-order chi connectivity index (χ1) is 10.4. The quantitative estimate of drug-likeness (QED) is 0.582. The minimum Gasteiger partial charge on any atom is -0.339 e. The molecule has 1 aromatic rings. The van der Waals surface area contributed by atoms with Gasteiger partial charge in [0.2, 0.25) is 15.9 Å². The Morgan fingerprint density at radius 2 is 1.70 bits per heavy atom. The van der Waals surface area contributed by atoms with Gasteiger partial charge in [-0.25, -0.2) is 8.42 Å². The third-order valence-corrected chi connectivity index (χ3v) is 5.36. The molecule has 9 nitrogen and oxygen atoms in total. The van der Waals surface area contributed by atoms with Crippen LogP contribution in [-0.2, 0) is 14.8 Å². The van der Waals surface area contributed by atoms with Crippen LogP contribution in [0.5, 0.6) is 0 Å². The minimum absolute atomic E-state index is 0. The molecule has 0 saturated carbocycles. The van der Waals surface area contributed by atoms with Gasteiger partial charge in [0.15, 0.2) is 0 Å². The van der Waals surface area contributed by atoms with Crippen molar-refractivity contribution >= 4 is 34.0 Å². The monoisotopic (exact) mass is 364 g/mol. The number of carbonyl (C=O) groups excluding carboxylic acids is 1. The molecule has 1 amide bonds. The second-order valence-electron chi connectivity index (χ2n) is 4.74. The third kappa shape index (κ3) is 4.16. The van der Waals surface area contributed by atoms with Crippen LogP contribution in [0.1, 0.15) is 0 Å². The summed E-state index contributed by atoms with van der Waals surface area (Å²) < 4.78 is 26.1. The van der Waals surface area contributed by atoms with E-state index >= 15 is 0 Å². The van der Waals surface area contributed by atoms with Crippen molar-refractivity contribution in [2.24, 2.45) is 5.73 Å². The predicted molar refractivity (Wildman–Crippen MR) is 84.7 cm³/mol. The summed E-state index contributed by atoms with van der Waals surface area (Å²) in [5, 5.41) is 10.6. The lowest BCUT2D eigenvalue weighted by Crippen LogP contribution is -2.51. The Morgan fingerprint density at radius 3 is 2.13 bits per heavy atom. The van der Waals surface area contributed by atoms with Crippen LogP contribution < -0.4 is 5.73 Å². The van der Waals surface area contributed by atoms with Crippen LogP contribution in [0.15, 0.2) is 29.2 Å². The van der Waals surface area contributed by atoms with E-state index in [1.165, 1.54) is 21.3 Å². The fraction of sp³-hybridized carbons (Fsp3) is 0.417. The number of nitro benzene ring substituents is 1. The average molecular weight is 365 g/mol. The van der Waals surface area contributed by atoms with Crippen LogP contribution >= 0.6 is 12.4 Å². The van der Waals surface area contributed by atoms with E-state index in [9.17, 15) is 23.3 Å². The SMILES string of the molecule is Cl.NCC(=O)N1CCN(S(=O)(=O)c2ccc([N+](=O)[O-])cc2)CC1. The van der Waals surface area contributed by atoms with Crippen molar-refractivity contribution in [1.29, 1.82) is 0 Å². The van der Waals surface area contributed by atoms with Gasteiger partial charge < -0.3 is 10.6 Å². The zero-order valence-electron chi connectivity index (χ0n) is 12.1. The Kier molecular flexibility index (Phi) is 6.45. The molecule has 1 aliphatic rings. The average Bonchev–Trinajstić information content (AvgIpc) is 2.54. The van der Waals surface area contributed by atoms with Crippen LogP contribution in [-0.4, -0.2) is 61.2 Å². The highest BCUT2D eigenvalue weighted by Crippen LogP contribution is 2.20. The first kappa shape index (κ1) is 19.3. The molecule has 0 atom stereocenters. The zero-order valence-corrected chi connectivity index (χ0v) is 13.8. The number of nitrogens with zero attached hydrogens (tertiary/aromatic N) is 3. The fourth-order valence-corrected chi connectivity index (χ4v) is 3.62. The molecule has 0 aromatic heterocycles. The molecule has 0 radical (unpaired) electrons. The standard InChI is InChI=1S/C12H16N4O5S.ClH/c13-9-12(17)14-5-7-15(8-6-14)22(20,21)11-3-1-10(2-4-11)16(18)19;/h1-4H,5-9,13H2;1H. The maximum absolute atomic E-state index is 12.4. The minimum atomic E-state index is -3.72. The maximum Gasteiger partial charge on any atom is 0.269 e. The van der Waals surface area contributed by atoms with Crippen LogP contribution in [0.2, 0.25) is 0 Å². The topological polar surface area (TPSA) is 127 Å². The van der Waals surface area contributed by atoms with Gasteiger partial charge in [0, 0.05) is 38.3 Å². The largest absolute Gasteiger partial charge is 0.339 e. The number of sulfonamides is 1. The van der Waals surface area contributed by atoms with Gasteiger partial charge in [0.1, 0.15) is 0 Å². The van der Waals surface area contributed by atoms with E-state index in [0.717, 1.165) is 12.1 Å². The molecule has 128 valence electrons. The van der Waals surface area contributed by atoms with Crippen molar-refractivity contribution in [2.75, 3.05) is 32.7 Å². The summed E-state index contributed by atoms with van der Waals surface area (Å²) in [6.45, 7) is 0.801. The Bertz CT molecular complexity index is 671. The van der Waals surface area contributed by atoms with Crippen molar-refractivity contribution in [3.8, 4) is 0 Å². The number of amides is 1. The van der Waals surface area contributed by atoms with E-state index < -0.39 is 14.9 Å². The van der Waals surface area contributed by atoms with Gasteiger partial charge in [-0.3, -0.25) is 14.9 Å². The van der Waals surface area contributed by atoms with Gasteiger partial charge in [-0.2, -0.15) is 4.31 Å². The van der Waals surface area contributed by atoms with Crippen LogP contribution in [0.3, 0.4) is 0 Å². The molecule has 2 N–H and O–H groups in total. The van der Waals surface area contributed by atoms with Crippen LogP contribution in [0.25, 0.3) is 0 Å². The zero-order chi connectivity index (χ0) is 16.3. The molecule has 0 bridgehead atoms. The second-order valence-corrected chi connectivity index (χ2v) is 6.68. The summed E-state index contributed by atoms with van der Waals surface area (Å²) in [5.74, 6) is -0.215. The number of rotatable bonds is 4. The molecular weight excluding hydrogens is 348 g/mol. The highest BCUT2D eigenvalue weighted by molar-refractivity contribution is 7.89. The van der Waals surface area contributed by atoms with E-state index in [1.807, 2.05) is 0 Å². The number of nitro groups is 1. The third-order valence-electron chi connectivity index (χ3n) is 3.45. The Morgan fingerprint density at radius 1 is 1.17 bits per heavy atom. The lowest BCUT2D eigenvalue weighted by molar-refractivity contribution is -0.384. The number of non-ortho nitro benzene ring substituents is 1. The number of hydrogen-bond acceptors (Lipinski definition) is 6. The Labute approximate surface area is 139 Å². The number of benzene rings is 1. The van der Waals surface area contributed by atoms with Crippen molar-refractivity contribution in [3.05, 3.63) is 34.4 Å². The summed E-state index contributed by atoms with van der Waals surface area (Å²) in [6, 6.07) is 4.73. The van der Waals surface area contributed by atoms with Crippen molar-refractivity contribution in [1.82, 2.24) is 9.21 Å². The molecule has 0 spiro atoms. The molecule has 23 heavy (non-hydrogen) atoms. The lowest BCUT2D eigenvalue weighted by atomic mass is 10.3. The van der Waals surface area contributed by atoms with Crippen molar-refractivity contribution < 1.29 is 18.1 Å². The molecule has 1 heterocycles. The Balaban J connectivity index is 0.00000264. The summed E-state index contributed by atoms with van der Waals surface area (Å²) >= 11 is 0. The molecule has 1 aromatic carbocycles. The van der Waals surface area contributed by atoms with Crippen molar-refractivity contribution in [2.45, 2.75) is 4.90 Å². The van der Waals surface area contributed by atoms with Crippen LogP contribution in [0, 0.1) is 10.1 Å². The normalized spacial score (nSPS) is 15.8. The molecule has 1 aliphatic heterocycles. The molecular formula is C12H17ClN4O5S. The Hall–Kier alpha value is -1.75. The van der Waals surface area contributed by atoms with Crippen LogP contribution in [0.4, 0.5) is 5.69 Å². The summed E-state index contributed by atoms with van der Waals surface area (Å²) in [4.78, 5) is 23.0. The smallest absolute Gasteiger partial charge is 0.269 e. The summed E-state index contributed by atoms with van der Waals surface area (Å²) in [5.41, 5.74) is 5.11. The van der Waals surface area contributed by atoms with Gasteiger partial charge in [0.25, 0.3) is 5.69 Å². The number of nitrogens with two attached hydrogens (primary N) is 1. The van der Waals surface area contributed by atoms with Gasteiger partial charge in [-0.05, 0) is 12.1 Å². The van der Waals surface area contributed by atoms with E-state index in [-0.39, 0.29) is 61.6 Å². The predicted octanol–water partition coefficient (Wildman–Crippen LogP) is -0.192. The van der Waals surface area contributed by atoms with Gasteiger partial charge >= 0.3 is 0 Å². The maximum atomic E-state index is 12.4. The van der Waals surface area contributed by atoms with Gasteiger partial charge in [-0.15, -0.1) is 12.4 Å². The first-order valence-corrected chi connectivity index (χ1v) is 8.02. The first-order valence-electron chi connectivity index (χ1n) is 6.58. The second kappa shape index (κ2) is 7.68. The summed E-state index contributed by atoms with van der Waals surface area (Å²) in [6.07, 6.45) is 0. The highest BCUT2D eigenvalue weighted by Gasteiger charge is 2.29. The molecule has 0 unspecified atom stereocenters. The molecule has 1 fully saturated rings. The highest BCUT2D eigenvalue weighted by atomic mass is 35.5. The molecule has 1 saturated heterocycles. The van der Waals surface area contributed by atoms with Gasteiger partial charge in [-0.1, -0.05) is 0 Å². The number of piperazine rings is 1. The van der Waals surface area contributed by atoms with E-state index in [4.69, 9.17) is 5.73 Å². The number of halogens is 1. The molecule has 11 heteroatoms. The summed E-state index contributed by atoms with van der Waals surface area (Å²) in [7, 11) is -3.72. The van der Waals surface area contributed by atoms with E-state index in [2.05, 4.69) is 0 Å². The van der Waals surface area contributed by atoms with E-state index in [0.29, 0.717) is 0 Å². The van der Waals surface area contributed by atoms with Crippen molar-refractivity contribution in [3.63, 3.8) is 0 Å². The fourth-order valence-electron chi connectivity index (χ4n) is 2.20. The lowest BCUT2D eigenvalue weighted by Gasteiger charge is -2.33. The van der Waals surface area contributed by atoms with Gasteiger partial charge in [0.05, 0.1) is 16.4 Å². The number of carbonyl (C=O) groups is 1. The van der Waals surface area contributed by atoms with E-state index in [1.54, 1.807) is 0 Å². The molecule has 2 rings (SSSR count). The number of hydrogen-bond donors (Lipinski definition) is 1. The molecule has 0 aliphatic carbocycles.